The molecule has 0 unspecified atom stereocenters. The number of aliphatic carboxylic acids is 1. The van der Waals surface area contributed by atoms with Crippen LogP contribution in [-0.4, -0.2) is 42.6 Å². The molecule has 0 aromatic heterocycles. The first-order chi connectivity index (χ1) is 10.5. The molecule has 0 aliphatic heterocycles. The van der Waals surface area contributed by atoms with Gasteiger partial charge in [0, 0.05) is 17.9 Å². The number of carbonyl (C=O) groups is 3. The first-order valence-electron chi connectivity index (χ1n) is 7.00. The van der Waals surface area contributed by atoms with Crippen LogP contribution in [0.15, 0.2) is 24.3 Å². The zero-order valence-electron chi connectivity index (χ0n) is 12.4. The minimum absolute atomic E-state index is 0.0130. The van der Waals surface area contributed by atoms with Crippen molar-refractivity contribution in [3.63, 3.8) is 0 Å². The van der Waals surface area contributed by atoms with Crippen molar-refractivity contribution in [2.24, 2.45) is 0 Å². The molecular formula is C15H20N2O5. The molecule has 0 saturated carbocycles. The smallest absolute Gasteiger partial charge is 0.322 e. The second-order valence-electron chi connectivity index (χ2n) is 4.61. The van der Waals surface area contributed by atoms with Gasteiger partial charge < -0.3 is 20.5 Å². The molecule has 2 amide bonds. The largest absolute Gasteiger partial charge is 0.480 e. The highest BCUT2D eigenvalue weighted by atomic mass is 16.5. The molecule has 7 nitrogen and oxygen atoms in total. The maximum absolute atomic E-state index is 11.6. The summed E-state index contributed by atoms with van der Waals surface area (Å²) in [7, 11) is 0. The molecule has 7 heteroatoms. The van der Waals surface area contributed by atoms with Gasteiger partial charge in [-0.1, -0.05) is 13.3 Å². The summed E-state index contributed by atoms with van der Waals surface area (Å²) in [5, 5.41) is 13.4. The van der Waals surface area contributed by atoms with E-state index in [4.69, 9.17) is 9.84 Å². The second-order valence-corrected chi connectivity index (χ2v) is 4.61. The van der Waals surface area contributed by atoms with Crippen LogP contribution in [0, 0.1) is 0 Å². The summed E-state index contributed by atoms with van der Waals surface area (Å²) in [6, 6.07) is 6.15. The fourth-order valence-corrected chi connectivity index (χ4v) is 1.57. The summed E-state index contributed by atoms with van der Waals surface area (Å²) in [5.74, 6) is -1.86. The van der Waals surface area contributed by atoms with Crippen molar-refractivity contribution < 1.29 is 24.2 Å². The quantitative estimate of drug-likeness (QED) is 0.596. The summed E-state index contributed by atoms with van der Waals surface area (Å²) in [6.45, 7) is 2.14. The van der Waals surface area contributed by atoms with Gasteiger partial charge in [0.1, 0.15) is 13.2 Å². The molecule has 0 spiro atoms. The van der Waals surface area contributed by atoms with Crippen molar-refractivity contribution in [1.29, 1.82) is 0 Å². The molecule has 0 aliphatic carbocycles. The van der Waals surface area contributed by atoms with E-state index in [9.17, 15) is 14.4 Å². The molecular weight excluding hydrogens is 288 g/mol. The Labute approximate surface area is 128 Å². The zero-order chi connectivity index (χ0) is 16.4. The lowest BCUT2D eigenvalue weighted by Crippen LogP contribution is -2.29. The number of amides is 2. The van der Waals surface area contributed by atoms with Gasteiger partial charge >= 0.3 is 5.97 Å². The molecule has 0 bridgehead atoms. The van der Waals surface area contributed by atoms with Gasteiger partial charge in [0.2, 0.25) is 5.91 Å². The topological polar surface area (TPSA) is 105 Å². The van der Waals surface area contributed by atoms with Gasteiger partial charge in [0.25, 0.3) is 5.91 Å². The Morgan fingerprint density at radius 3 is 2.45 bits per heavy atom. The van der Waals surface area contributed by atoms with E-state index in [2.05, 4.69) is 10.6 Å². The van der Waals surface area contributed by atoms with Gasteiger partial charge in [-0.2, -0.15) is 0 Å². The van der Waals surface area contributed by atoms with Gasteiger partial charge in [0.15, 0.2) is 0 Å². The molecule has 120 valence electrons. The van der Waals surface area contributed by atoms with E-state index in [0.717, 1.165) is 12.8 Å². The lowest BCUT2D eigenvalue weighted by Gasteiger charge is -2.07. The number of hydrogen-bond acceptors (Lipinski definition) is 4. The highest BCUT2D eigenvalue weighted by Gasteiger charge is 2.08. The highest BCUT2D eigenvalue weighted by Crippen LogP contribution is 2.09. The summed E-state index contributed by atoms with van der Waals surface area (Å²) in [6.07, 6.45) is 1.92. The maximum atomic E-state index is 11.6. The van der Waals surface area contributed by atoms with E-state index in [1.807, 2.05) is 6.92 Å². The summed E-state index contributed by atoms with van der Waals surface area (Å²) in [5.41, 5.74) is 0.859. The predicted octanol–water partition coefficient (Wildman–Crippen LogP) is 1.26. The van der Waals surface area contributed by atoms with E-state index in [1.54, 1.807) is 12.1 Å². The van der Waals surface area contributed by atoms with Crippen LogP contribution in [0.5, 0.6) is 0 Å². The molecule has 1 aromatic rings. The standard InChI is InChI=1S/C15H20N2O5/c1-2-3-8-22-10-13(18)17-12-6-4-11(5-7-12)15(21)16-9-14(19)20/h4-7H,2-3,8-10H2,1H3,(H,16,21)(H,17,18)(H,19,20). The maximum Gasteiger partial charge on any atom is 0.322 e. The Hall–Kier alpha value is -2.41. The third-order valence-corrected chi connectivity index (χ3v) is 2.71. The molecule has 22 heavy (non-hydrogen) atoms. The van der Waals surface area contributed by atoms with Crippen LogP contribution >= 0.6 is 0 Å². The van der Waals surface area contributed by atoms with Crippen molar-refractivity contribution >= 4 is 23.5 Å². The summed E-state index contributed by atoms with van der Waals surface area (Å²) >= 11 is 0. The van der Waals surface area contributed by atoms with E-state index < -0.39 is 18.4 Å². The lowest BCUT2D eigenvalue weighted by atomic mass is 10.2. The molecule has 1 aromatic carbocycles. The molecule has 0 radical (unpaired) electrons. The van der Waals surface area contributed by atoms with Gasteiger partial charge in [0.05, 0.1) is 0 Å². The number of hydrogen-bond donors (Lipinski definition) is 3. The number of nitrogens with one attached hydrogen (secondary N) is 2. The van der Waals surface area contributed by atoms with Crippen LogP contribution in [-0.2, 0) is 14.3 Å². The van der Waals surface area contributed by atoms with E-state index in [0.29, 0.717) is 17.9 Å². The van der Waals surface area contributed by atoms with Crippen LogP contribution in [0.4, 0.5) is 5.69 Å². The summed E-state index contributed by atoms with van der Waals surface area (Å²) in [4.78, 5) is 33.6. The number of anilines is 1. The highest BCUT2D eigenvalue weighted by molar-refractivity contribution is 5.97. The number of ether oxygens (including phenoxy) is 1. The average molecular weight is 308 g/mol. The van der Waals surface area contributed by atoms with Crippen molar-refractivity contribution in [3.05, 3.63) is 29.8 Å². The number of carboxylic acids is 1. The monoisotopic (exact) mass is 308 g/mol. The van der Waals surface area contributed by atoms with Gasteiger partial charge in [-0.3, -0.25) is 14.4 Å². The number of carboxylic acid groups (broad SMARTS) is 1. The van der Waals surface area contributed by atoms with Crippen molar-refractivity contribution in [1.82, 2.24) is 5.32 Å². The van der Waals surface area contributed by atoms with Crippen LogP contribution in [0.1, 0.15) is 30.1 Å². The minimum atomic E-state index is -1.11. The molecule has 1 rings (SSSR count). The molecule has 0 heterocycles. The molecule has 0 atom stereocenters. The molecule has 0 saturated heterocycles. The first-order valence-corrected chi connectivity index (χ1v) is 7.00. The third-order valence-electron chi connectivity index (χ3n) is 2.71. The zero-order valence-corrected chi connectivity index (χ0v) is 12.4. The molecule has 0 fully saturated rings. The Bertz CT molecular complexity index is 513. The molecule has 0 aliphatic rings. The normalized spacial score (nSPS) is 10.0. The number of carbonyl (C=O) groups excluding carboxylic acids is 2. The summed E-state index contributed by atoms with van der Waals surface area (Å²) < 4.78 is 5.19. The first kappa shape index (κ1) is 17.6. The van der Waals surface area contributed by atoms with Gasteiger partial charge in [-0.05, 0) is 30.7 Å². The van der Waals surface area contributed by atoms with Crippen molar-refractivity contribution in [2.45, 2.75) is 19.8 Å². The van der Waals surface area contributed by atoms with E-state index in [1.165, 1.54) is 12.1 Å². The average Bonchev–Trinajstić information content (AvgIpc) is 2.50. The Kier molecular flexibility index (Phi) is 7.63. The van der Waals surface area contributed by atoms with Crippen LogP contribution < -0.4 is 10.6 Å². The van der Waals surface area contributed by atoms with Gasteiger partial charge in [-0.15, -0.1) is 0 Å². The fraction of sp³-hybridized carbons (Fsp3) is 0.400. The number of unbranched alkanes of at least 4 members (excludes halogenated alkanes) is 1. The van der Waals surface area contributed by atoms with E-state index >= 15 is 0 Å². The number of rotatable bonds is 9. The molecule has 3 N–H and O–H groups in total. The predicted molar refractivity (Wildman–Crippen MR) is 80.8 cm³/mol. The van der Waals surface area contributed by atoms with Crippen molar-refractivity contribution in [3.8, 4) is 0 Å². The Morgan fingerprint density at radius 2 is 1.86 bits per heavy atom. The number of benzene rings is 1. The Morgan fingerprint density at radius 1 is 1.18 bits per heavy atom. The lowest BCUT2D eigenvalue weighted by molar-refractivity contribution is -0.135. The fourth-order valence-electron chi connectivity index (χ4n) is 1.57. The van der Waals surface area contributed by atoms with Crippen LogP contribution in [0.2, 0.25) is 0 Å². The third kappa shape index (κ3) is 6.85. The minimum Gasteiger partial charge on any atom is -0.480 e. The van der Waals surface area contributed by atoms with E-state index in [-0.39, 0.29) is 12.5 Å². The SMILES string of the molecule is CCCCOCC(=O)Nc1ccc(C(=O)NCC(=O)O)cc1. The van der Waals surface area contributed by atoms with Crippen LogP contribution in [0.3, 0.4) is 0 Å². The van der Waals surface area contributed by atoms with Crippen LogP contribution in [0.25, 0.3) is 0 Å². The Balaban J connectivity index is 2.42. The second kappa shape index (κ2) is 9.51. The van der Waals surface area contributed by atoms with Gasteiger partial charge in [-0.25, -0.2) is 0 Å². The van der Waals surface area contributed by atoms with Crippen molar-refractivity contribution in [2.75, 3.05) is 25.1 Å².